The van der Waals surface area contributed by atoms with E-state index in [4.69, 9.17) is 0 Å². The predicted octanol–water partition coefficient (Wildman–Crippen LogP) is -0.0267. The van der Waals surface area contributed by atoms with Gasteiger partial charge in [0, 0.05) is 6.04 Å². The van der Waals surface area contributed by atoms with E-state index in [9.17, 15) is 0 Å². The number of nitrogens with zero attached hydrogens (tertiary/aromatic N) is 5. The van der Waals surface area contributed by atoms with Crippen LogP contribution in [-0.4, -0.2) is 37.5 Å². The van der Waals surface area contributed by atoms with Gasteiger partial charge < -0.3 is 5.32 Å². The maximum Gasteiger partial charge on any atom is 0.181 e. The standard InChI is InChI=1S/C9H12N6/c1-2-7(11-3-1)5-15-9-8(13-14-15)4-10-6-12-9/h4,6-7,11H,1-3,5H2/t7-/m0/s1. The minimum absolute atomic E-state index is 0.505. The van der Waals surface area contributed by atoms with Gasteiger partial charge in [0.25, 0.3) is 0 Å². The van der Waals surface area contributed by atoms with Crippen LogP contribution in [0.15, 0.2) is 12.5 Å². The Labute approximate surface area is 86.7 Å². The van der Waals surface area contributed by atoms with Crippen LogP contribution in [0.4, 0.5) is 0 Å². The summed E-state index contributed by atoms with van der Waals surface area (Å²) in [5.74, 6) is 0. The van der Waals surface area contributed by atoms with Crippen LogP contribution in [0.3, 0.4) is 0 Å². The minimum atomic E-state index is 0.505. The van der Waals surface area contributed by atoms with Crippen LogP contribution in [0.1, 0.15) is 12.8 Å². The topological polar surface area (TPSA) is 68.5 Å². The van der Waals surface area contributed by atoms with Crippen molar-refractivity contribution in [3.63, 3.8) is 0 Å². The molecule has 6 heteroatoms. The number of aromatic nitrogens is 5. The van der Waals surface area contributed by atoms with Crippen LogP contribution in [0.5, 0.6) is 0 Å². The van der Waals surface area contributed by atoms with Crippen molar-refractivity contribution in [2.24, 2.45) is 0 Å². The first-order valence-corrected chi connectivity index (χ1v) is 5.16. The number of nitrogens with one attached hydrogen (secondary N) is 1. The van der Waals surface area contributed by atoms with E-state index in [1.54, 1.807) is 6.20 Å². The Morgan fingerprint density at radius 3 is 3.40 bits per heavy atom. The van der Waals surface area contributed by atoms with Gasteiger partial charge in [0.2, 0.25) is 0 Å². The Morgan fingerprint density at radius 1 is 1.53 bits per heavy atom. The van der Waals surface area contributed by atoms with Crippen LogP contribution >= 0.6 is 0 Å². The third kappa shape index (κ3) is 1.56. The molecule has 0 bridgehead atoms. The summed E-state index contributed by atoms with van der Waals surface area (Å²) in [6.45, 7) is 1.94. The van der Waals surface area contributed by atoms with E-state index < -0.39 is 0 Å². The Bertz CT molecular complexity index is 458. The maximum absolute atomic E-state index is 4.18. The molecule has 1 fully saturated rings. The lowest BCUT2D eigenvalue weighted by Gasteiger charge is -2.08. The molecule has 1 aliphatic heterocycles. The van der Waals surface area contributed by atoms with E-state index in [0.29, 0.717) is 6.04 Å². The van der Waals surface area contributed by atoms with Crippen LogP contribution in [0.2, 0.25) is 0 Å². The fourth-order valence-corrected chi connectivity index (χ4v) is 1.97. The molecular weight excluding hydrogens is 192 g/mol. The lowest BCUT2D eigenvalue weighted by atomic mass is 10.2. The van der Waals surface area contributed by atoms with Crippen molar-refractivity contribution in [3.8, 4) is 0 Å². The van der Waals surface area contributed by atoms with Crippen LogP contribution in [-0.2, 0) is 6.54 Å². The molecule has 1 N–H and O–H groups in total. The summed E-state index contributed by atoms with van der Waals surface area (Å²) in [5, 5.41) is 11.5. The molecule has 3 rings (SSSR count). The fourth-order valence-electron chi connectivity index (χ4n) is 1.97. The molecule has 0 aliphatic carbocycles. The quantitative estimate of drug-likeness (QED) is 0.744. The molecule has 1 saturated heterocycles. The van der Waals surface area contributed by atoms with Crippen molar-refractivity contribution in [2.75, 3.05) is 6.54 Å². The summed E-state index contributed by atoms with van der Waals surface area (Å²) in [4.78, 5) is 8.10. The average molecular weight is 204 g/mol. The van der Waals surface area contributed by atoms with Crippen molar-refractivity contribution in [2.45, 2.75) is 25.4 Å². The lowest BCUT2D eigenvalue weighted by Crippen LogP contribution is -2.27. The SMILES string of the molecule is c1ncc2nnn(C[C@@H]3CCCN3)c2n1. The van der Waals surface area contributed by atoms with Gasteiger partial charge in [-0.2, -0.15) is 0 Å². The van der Waals surface area contributed by atoms with E-state index in [-0.39, 0.29) is 0 Å². The molecule has 0 amide bonds. The van der Waals surface area contributed by atoms with Crippen LogP contribution < -0.4 is 5.32 Å². The first kappa shape index (κ1) is 8.72. The molecule has 3 heterocycles. The zero-order valence-electron chi connectivity index (χ0n) is 8.30. The van der Waals surface area contributed by atoms with Gasteiger partial charge in [-0.15, -0.1) is 5.10 Å². The number of hydrogen-bond donors (Lipinski definition) is 1. The zero-order valence-corrected chi connectivity index (χ0v) is 8.30. The van der Waals surface area contributed by atoms with Gasteiger partial charge in [-0.3, -0.25) is 0 Å². The molecule has 1 aliphatic rings. The van der Waals surface area contributed by atoms with Crippen molar-refractivity contribution < 1.29 is 0 Å². The molecule has 78 valence electrons. The fraction of sp³-hybridized carbons (Fsp3) is 0.556. The van der Waals surface area contributed by atoms with Crippen molar-refractivity contribution >= 4 is 11.2 Å². The number of fused-ring (bicyclic) bond motifs is 1. The van der Waals surface area contributed by atoms with Crippen LogP contribution in [0, 0.1) is 0 Å². The normalized spacial score (nSPS) is 21.2. The largest absolute Gasteiger partial charge is 0.312 e. The van der Waals surface area contributed by atoms with Gasteiger partial charge in [0.1, 0.15) is 6.33 Å². The second-order valence-electron chi connectivity index (χ2n) is 3.80. The summed E-state index contributed by atoms with van der Waals surface area (Å²) in [6.07, 6.45) is 5.66. The van der Waals surface area contributed by atoms with Gasteiger partial charge in [-0.25, -0.2) is 14.6 Å². The second kappa shape index (κ2) is 3.54. The average Bonchev–Trinajstić information content (AvgIpc) is 2.89. The summed E-state index contributed by atoms with van der Waals surface area (Å²) in [5.41, 5.74) is 1.58. The van der Waals surface area contributed by atoms with Crippen molar-refractivity contribution in [1.29, 1.82) is 0 Å². The maximum atomic E-state index is 4.18. The smallest absolute Gasteiger partial charge is 0.181 e. The van der Waals surface area contributed by atoms with Gasteiger partial charge in [-0.05, 0) is 19.4 Å². The minimum Gasteiger partial charge on any atom is -0.312 e. The Morgan fingerprint density at radius 2 is 2.53 bits per heavy atom. The lowest BCUT2D eigenvalue weighted by molar-refractivity contribution is 0.474. The van der Waals surface area contributed by atoms with E-state index in [0.717, 1.165) is 24.3 Å². The molecular formula is C9H12N6. The molecule has 0 unspecified atom stereocenters. The molecule has 6 nitrogen and oxygen atoms in total. The molecule has 15 heavy (non-hydrogen) atoms. The van der Waals surface area contributed by atoms with E-state index in [1.807, 2.05) is 4.68 Å². The first-order valence-electron chi connectivity index (χ1n) is 5.16. The molecule has 2 aromatic rings. The van der Waals surface area contributed by atoms with Crippen molar-refractivity contribution in [1.82, 2.24) is 30.3 Å². The van der Waals surface area contributed by atoms with E-state index in [2.05, 4.69) is 25.6 Å². The molecule has 2 aromatic heterocycles. The van der Waals surface area contributed by atoms with Crippen LogP contribution in [0.25, 0.3) is 11.2 Å². The summed E-state index contributed by atoms with van der Waals surface area (Å²) in [6, 6.07) is 0.505. The van der Waals surface area contributed by atoms with Crippen molar-refractivity contribution in [3.05, 3.63) is 12.5 Å². The second-order valence-corrected chi connectivity index (χ2v) is 3.80. The zero-order chi connectivity index (χ0) is 10.1. The molecule has 0 aromatic carbocycles. The Kier molecular flexibility index (Phi) is 2.06. The monoisotopic (exact) mass is 204 g/mol. The first-order chi connectivity index (χ1) is 7.43. The summed E-state index contributed by atoms with van der Waals surface area (Å²) < 4.78 is 1.85. The third-order valence-electron chi connectivity index (χ3n) is 2.73. The Hall–Kier alpha value is -1.56. The van der Waals surface area contributed by atoms with Gasteiger partial charge in [0.15, 0.2) is 11.2 Å². The third-order valence-corrected chi connectivity index (χ3v) is 2.73. The Balaban J connectivity index is 1.90. The van der Waals surface area contributed by atoms with Gasteiger partial charge in [0.05, 0.1) is 12.7 Å². The summed E-state index contributed by atoms with van der Waals surface area (Å²) in [7, 11) is 0. The van der Waals surface area contributed by atoms with Gasteiger partial charge in [-0.1, -0.05) is 5.21 Å². The number of rotatable bonds is 2. The van der Waals surface area contributed by atoms with E-state index >= 15 is 0 Å². The summed E-state index contributed by atoms with van der Waals surface area (Å²) >= 11 is 0. The highest BCUT2D eigenvalue weighted by molar-refractivity contribution is 5.67. The predicted molar refractivity (Wildman–Crippen MR) is 54.1 cm³/mol. The highest BCUT2D eigenvalue weighted by Gasteiger charge is 2.16. The molecule has 1 atom stereocenters. The molecule has 0 radical (unpaired) electrons. The molecule has 0 spiro atoms. The van der Waals surface area contributed by atoms with E-state index in [1.165, 1.54) is 19.2 Å². The highest BCUT2D eigenvalue weighted by Crippen LogP contribution is 2.10. The van der Waals surface area contributed by atoms with Gasteiger partial charge >= 0.3 is 0 Å². The molecule has 0 saturated carbocycles. The number of hydrogen-bond acceptors (Lipinski definition) is 5. The highest BCUT2D eigenvalue weighted by atomic mass is 15.4.